The van der Waals surface area contributed by atoms with E-state index in [1.165, 1.54) is 11.1 Å². The first-order valence-corrected chi connectivity index (χ1v) is 10.6. The van der Waals surface area contributed by atoms with Crippen LogP contribution in [0.25, 0.3) is 21.5 Å². The van der Waals surface area contributed by atoms with Crippen LogP contribution in [0.5, 0.6) is 11.5 Å². The molecule has 0 aliphatic rings. The van der Waals surface area contributed by atoms with E-state index in [2.05, 4.69) is 60.7 Å². The van der Waals surface area contributed by atoms with Crippen LogP contribution in [0.2, 0.25) is 0 Å². The fourth-order valence-electron chi connectivity index (χ4n) is 4.32. The molecule has 5 rings (SSSR count). The van der Waals surface area contributed by atoms with Crippen molar-refractivity contribution in [3.63, 3.8) is 0 Å². The van der Waals surface area contributed by atoms with Gasteiger partial charge < -0.3 is 10.2 Å². The Kier molecular flexibility index (Phi) is 4.83. The van der Waals surface area contributed by atoms with Crippen molar-refractivity contribution in [1.82, 2.24) is 0 Å². The molecule has 0 spiro atoms. The number of phenols is 2. The lowest BCUT2D eigenvalue weighted by Gasteiger charge is -2.11. The van der Waals surface area contributed by atoms with Gasteiger partial charge in [-0.15, -0.1) is 0 Å². The lowest BCUT2D eigenvalue weighted by Crippen LogP contribution is -1.94. The zero-order valence-corrected chi connectivity index (χ0v) is 17.5. The average Bonchev–Trinajstić information content (AvgIpc) is 2.77. The zero-order valence-electron chi connectivity index (χ0n) is 17.5. The number of fused-ring (bicyclic) bond motifs is 2. The van der Waals surface area contributed by atoms with Gasteiger partial charge in [0.25, 0.3) is 0 Å². The first-order valence-electron chi connectivity index (χ1n) is 10.6. The van der Waals surface area contributed by atoms with Crippen LogP contribution in [0.1, 0.15) is 27.8 Å². The monoisotopic (exact) mass is 404 g/mol. The Morgan fingerprint density at radius 1 is 0.581 bits per heavy atom. The highest BCUT2D eigenvalue weighted by Gasteiger charge is 2.09. The van der Waals surface area contributed by atoms with Gasteiger partial charge in [-0.2, -0.15) is 0 Å². The van der Waals surface area contributed by atoms with Crippen molar-refractivity contribution in [2.75, 3.05) is 0 Å². The van der Waals surface area contributed by atoms with Gasteiger partial charge >= 0.3 is 0 Å². The van der Waals surface area contributed by atoms with Gasteiger partial charge in [0.05, 0.1) is 0 Å². The first kappa shape index (κ1) is 19.2. The maximum absolute atomic E-state index is 10.8. The molecule has 0 amide bonds. The minimum absolute atomic E-state index is 0.315. The quantitative estimate of drug-likeness (QED) is 0.342. The molecule has 152 valence electrons. The van der Waals surface area contributed by atoms with Crippen LogP contribution in [0.15, 0.2) is 91.0 Å². The Balaban J connectivity index is 1.43. The summed E-state index contributed by atoms with van der Waals surface area (Å²) in [6.45, 7) is 2.04. The maximum Gasteiger partial charge on any atom is 0.126 e. The smallest absolute Gasteiger partial charge is 0.126 e. The number of hydrogen-bond donors (Lipinski definition) is 2. The third-order valence-corrected chi connectivity index (χ3v) is 5.95. The van der Waals surface area contributed by atoms with Gasteiger partial charge in [-0.25, -0.2) is 0 Å². The molecule has 5 aromatic carbocycles. The van der Waals surface area contributed by atoms with Crippen LogP contribution in [0.3, 0.4) is 0 Å². The summed E-state index contributed by atoms with van der Waals surface area (Å²) in [5.74, 6) is 0.687. The molecule has 2 heteroatoms. The van der Waals surface area contributed by atoms with E-state index in [0.29, 0.717) is 17.9 Å². The summed E-state index contributed by atoms with van der Waals surface area (Å²) in [4.78, 5) is 0. The molecular formula is C29H24O2. The lowest BCUT2D eigenvalue weighted by atomic mass is 9.96. The van der Waals surface area contributed by atoms with Gasteiger partial charge in [0.2, 0.25) is 0 Å². The van der Waals surface area contributed by atoms with E-state index in [-0.39, 0.29) is 0 Å². The Hall–Kier alpha value is -3.78. The molecule has 0 fully saturated rings. The van der Waals surface area contributed by atoms with E-state index in [9.17, 15) is 10.2 Å². The van der Waals surface area contributed by atoms with Crippen molar-refractivity contribution in [3.8, 4) is 11.5 Å². The van der Waals surface area contributed by atoms with Crippen LogP contribution in [-0.4, -0.2) is 10.2 Å². The number of hydrogen-bond acceptors (Lipinski definition) is 2. The third kappa shape index (κ3) is 3.85. The van der Waals surface area contributed by atoms with Crippen LogP contribution >= 0.6 is 0 Å². The van der Waals surface area contributed by atoms with Gasteiger partial charge in [0.1, 0.15) is 11.5 Å². The second-order valence-corrected chi connectivity index (χ2v) is 8.30. The van der Waals surface area contributed by atoms with Crippen LogP contribution < -0.4 is 0 Å². The van der Waals surface area contributed by atoms with Crippen molar-refractivity contribution in [2.45, 2.75) is 19.8 Å². The Bertz CT molecular complexity index is 1420. The zero-order chi connectivity index (χ0) is 21.4. The summed E-state index contributed by atoms with van der Waals surface area (Å²) < 4.78 is 0. The minimum Gasteiger partial charge on any atom is -0.507 e. The molecule has 0 saturated heterocycles. The highest BCUT2D eigenvalue weighted by atomic mass is 16.3. The summed E-state index contributed by atoms with van der Waals surface area (Å²) >= 11 is 0. The molecule has 31 heavy (non-hydrogen) atoms. The van der Waals surface area contributed by atoms with Gasteiger partial charge in [-0.05, 0) is 64.6 Å². The Labute approximate surface area is 182 Å². The second-order valence-electron chi connectivity index (χ2n) is 8.30. The topological polar surface area (TPSA) is 40.5 Å². The predicted molar refractivity (Wildman–Crippen MR) is 128 cm³/mol. The van der Waals surface area contributed by atoms with Crippen LogP contribution in [-0.2, 0) is 12.8 Å². The molecule has 0 atom stereocenters. The summed E-state index contributed by atoms with van der Waals surface area (Å²) in [7, 11) is 0. The standard InChI is InChI=1S/C29H24O2/c1-19-8-10-24-12-13-25(29(31)27(24)14-19)17-21-5-2-4-20(15-21)16-22-9-11-23-6-3-7-28(30)26(23)18-22/h2-15,18,30-31H,16-17H2,1H3. The molecule has 0 bridgehead atoms. The fraction of sp³-hybridized carbons (Fsp3) is 0.103. The summed E-state index contributed by atoms with van der Waals surface area (Å²) in [6.07, 6.45) is 1.48. The molecule has 0 aromatic heterocycles. The predicted octanol–water partition coefficient (Wildman–Crippen LogP) is 6.89. The van der Waals surface area contributed by atoms with E-state index in [4.69, 9.17) is 0 Å². The lowest BCUT2D eigenvalue weighted by molar-refractivity contribution is 0.476. The highest BCUT2D eigenvalue weighted by Crippen LogP contribution is 2.31. The molecule has 0 heterocycles. The van der Waals surface area contributed by atoms with E-state index in [0.717, 1.165) is 44.7 Å². The fourth-order valence-corrected chi connectivity index (χ4v) is 4.32. The molecule has 2 nitrogen and oxygen atoms in total. The summed E-state index contributed by atoms with van der Waals surface area (Å²) in [5.41, 5.74) is 5.62. The Morgan fingerprint density at radius 3 is 2.13 bits per heavy atom. The van der Waals surface area contributed by atoms with Crippen molar-refractivity contribution >= 4 is 21.5 Å². The number of phenolic OH excluding ortho intramolecular Hbond substituents is 2. The molecule has 0 aliphatic carbocycles. The largest absolute Gasteiger partial charge is 0.507 e. The van der Waals surface area contributed by atoms with E-state index < -0.39 is 0 Å². The van der Waals surface area contributed by atoms with Gasteiger partial charge in [0.15, 0.2) is 0 Å². The van der Waals surface area contributed by atoms with Gasteiger partial charge in [-0.1, -0.05) is 78.4 Å². The van der Waals surface area contributed by atoms with E-state index in [1.54, 1.807) is 6.07 Å². The van der Waals surface area contributed by atoms with E-state index in [1.807, 2.05) is 31.2 Å². The first-order chi connectivity index (χ1) is 15.1. The molecule has 5 aromatic rings. The highest BCUT2D eigenvalue weighted by molar-refractivity contribution is 5.90. The average molecular weight is 405 g/mol. The van der Waals surface area contributed by atoms with Crippen molar-refractivity contribution in [1.29, 1.82) is 0 Å². The summed E-state index contributed by atoms with van der Waals surface area (Å²) in [6, 6.07) is 30.6. The maximum atomic E-state index is 10.8. The number of aryl methyl sites for hydroxylation is 1. The molecule has 0 unspecified atom stereocenters. The number of aromatic hydroxyl groups is 2. The Morgan fingerprint density at radius 2 is 1.26 bits per heavy atom. The van der Waals surface area contributed by atoms with Gasteiger partial charge in [0, 0.05) is 17.2 Å². The normalized spacial score (nSPS) is 11.3. The second kappa shape index (κ2) is 7.81. The van der Waals surface area contributed by atoms with Crippen molar-refractivity contribution in [3.05, 3.63) is 119 Å². The number of benzene rings is 5. The van der Waals surface area contributed by atoms with Crippen molar-refractivity contribution < 1.29 is 10.2 Å². The summed E-state index contributed by atoms with van der Waals surface area (Å²) in [5, 5.41) is 24.9. The minimum atomic E-state index is 0.315. The third-order valence-electron chi connectivity index (χ3n) is 5.95. The SMILES string of the molecule is Cc1ccc2ccc(Cc3cccc(Cc4ccc5cccc(O)c5c4)c3)c(O)c2c1. The molecule has 0 radical (unpaired) electrons. The molecular weight excluding hydrogens is 380 g/mol. The van der Waals surface area contributed by atoms with Gasteiger partial charge in [-0.3, -0.25) is 0 Å². The molecule has 2 N–H and O–H groups in total. The van der Waals surface area contributed by atoms with Crippen LogP contribution in [0, 0.1) is 6.92 Å². The van der Waals surface area contributed by atoms with Crippen LogP contribution in [0.4, 0.5) is 0 Å². The number of rotatable bonds is 4. The molecule has 0 saturated carbocycles. The van der Waals surface area contributed by atoms with Crippen molar-refractivity contribution in [2.24, 2.45) is 0 Å². The molecule has 0 aliphatic heterocycles. The van der Waals surface area contributed by atoms with E-state index >= 15 is 0 Å².